The summed E-state index contributed by atoms with van der Waals surface area (Å²) in [4.78, 5) is 5.00. The van der Waals surface area contributed by atoms with Gasteiger partial charge in [0.2, 0.25) is 0 Å². The maximum atomic E-state index is 6.55. The Hall–Kier alpha value is -5.93. The molecule has 4 aliphatic rings. The van der Waals surface area contributed by atoms with Crippen LogP contribution in [0.3, 0.4) is 0 Å². The third-order valence-corrected chi connectivity index (χ3v) is 10.5. The van der Waals surface area contributed by atoms with Gasteiger partial charge in [-0.3, -0.25) is 0 Å². The number of fused-ring (bicyclic) bond motifs is 15. The summed E-state index contributed by atoms with van der Waals surface area (Å²) in [5.74, 6) is 1.87. The van der Waals surface area contributed by atoms with Gasteiger partial charge in [0, 0.05) is 39.6 Å². The van der Waals surface area contributed by atoms with Gasteiger partial charge in [0.25, 0.3) is 6.71 Å². The van der Waals surface area contributed by atoms with Crippen molar-refractivity contribution in [1.82, 2.24) is 0 Å². The molecule has 3 nitrogen and oxygen atoms in total. The maximum Gasteiger partial charge on any atom is 0.329 e. The van der Waals surface area contributed by atoms with Gasteiger partial charge in [-0.25, -0.2) is 0 Å². The van der Waals surface area contributed by atoms with Crippen LogP contribution in [0.25, 0.3) is 22.3 Å². The van der Waals surface area contributed by atoms with Crippen molar-refractivity contribution in [2.75, 3.05) is 9.71 Å². The summed E-state index contributed by atoms with van der Waals surface area (Å²) in [6.45, 7) is 0.191. The molecule has 0 N–H and O–H groups in total. The van der Waals surface area contributed by atoms with E-state index in [0.29, 0.717) is 0 Å². The molecule has 0 saturated carbocycles. The number of anilines is 5. The lowest BCUT2D eigenvalue weighted by Crippen LogP contribution is -2.60. The van der Waals surface area contributed by atoms with E-state index in [1.54, 1.807) is 0 Å². The lowest BCUT2D eigenvalue weighted by atomic mass is 9.34. The predicted molar refractivity (Wildman–Crippen MR) is 197 cm³/mol. The normalized spacial score (nSPS) is 14.0. The smallest absolute Gasteiger partial charge is 0.329 e. The zero-order valence-electron chi connectivity index (χ0n) is 25.5. The van der Waals surface area contributed by atoms with E-state index in [2.05, 4.69) is 167 Å². The average molecular weight is 596 g/mol. The Morgan fingerprint density at radius 3 is 1.79 bits per heavy atom. The molecular formula is C42H26B2N2O. The summed E-state index contributed by atoms with van der Waals surface area (Å²) >= 11 is 0. The van der Waals surface area contributed by atoms with Crippen molar-refractivity contribution in [3.63, 3.8) is 0 Å². The third kappa shape index (κ3) is 3.33. The van der Waals surface area contributed by atoms with Crippen LogP contribution in [0.4, 0.5) is 28.4 Å². The van der Waals surface area contributed by atoms with Crippen LogP contribution in [0.15, 0.2) is 158 Å². The van der Waals surface area contributed by atoms with Crippen molar-refractivity contribution in [2.24, 2.45) is 0 Å². The second-order valence-electron chi connectivity index (χ2n) is 12.8. The second-order valence-corrected chi connectivity index (χ2v) is 12.8. The Labute approximate surface area is 274 Å². The van der Waals surface area contributed by atoms with E-state index in [1.165, 1.54) is 72.3 Å². The molecule has 47 heavy (non-hydrogen) atoms. The molecular weight excluding hydrogens is 570 g/mol. The third-order valence-electron chi connectivity index (χ3n) is 10.5. The fraction of sp³-hybridized carbons (Fsp3) is 0. The summed E-state index contributed by atoms with van der Waals surface area (Å²) in [5, 5.41) is 0. The number of benzene rings is 7. The van der Waals surface area contributed by atoms with Crippen LogP contribution >= 0.6 is 0 Å². The van der Waals surface area contributed by atoms with Crippen LogP contribution in [0.1, 0.15) is 0 Å². The van der Waals surface area contributed by atoms with Crippen LogP contribution in [0.2, 0.25) is 0 Å². The quantitative estimate of drug-likeness (QED) is 0.190. The molecule has 0 amide bonds. The molecule has 4 aliphatic heterocycles. The lowest BCUT2D eigenvalue weighted by Gasteiger charge is -2.44. The van der Waals surface area contributed by atoms with Gasteiger partial charge in [-0.2, -0.15) is 0 Å². The molecule has 216 valence electrons. The van der Waals surface area contributed by atoms with Crippen molar-refractivity contribution in [3.05, 3.63) is 158 Å². The van der Waals surface area contributed by atoms with Crippen LogP contribution in [0, 0.1) is 0 Å². The average Bonchev–Trinajstić information content (AvgIpc) is 3.14. The fourth-order valence-electron chi connectivity index (χ4n) is 8.67. The zero-order valence-corrected chi connectivity index (χ0v) is 25.5. The molecule has 11 rings (SSSR count). The van der Waals surface area contributed by atoms with Gasteiger partial charge in [-0.15, -0.1) is 0 Å². The molecule has 7 aromatic carbocycles. The summed E-state index contributed by atoms with van der Waals surface area (Å²) in [6.07, 6.45) is 0. The number of para-hydroxylation sites is 4. The fourth-order valence-corrected chi connectivity index (χ4v) is 8.67. The highest BCUT2D eigenvalue weighted by molar-refractivity contribution is 6.99. The maximum absolute atomic E-state index is 6.55. The number of nitrogens with zero attached hydrogens (tertiary/aromatic N) is 2. The van der Waals surface area contributed by atoms with Crippen molar-refractivity contribution in [3.8, 4) is 33.8 Å². The minimum atomic E-state index is 0.0764. The monoisotopic (exact) mass is 596 g/mol. The van der Waals surface area contributed by atoms with Gasteiger partial charge in [0.15, 0.2) is 0 Å². The lowest BCUT2D eigenvalue weighted by molar-refractivity contribution is 0.487. The van der Waals surface area contributed by atoms with Gasteiger partial charge < -0.3 is 14.4 Å². The molecule has 0 unspecified atom stereocenters. The summed E-state index contributed by atoms with van der Waals surface area (Å²) in [5.41, 5.74) is 17.6. The van der Waals surface area contributed by atoms with E-state index in [0.717, 1.165) is 17.2 Å². The Morgan fingerprint density at radius 2 is 0.979 bits per heavy atom. The van der Waals surface area contributed by atoms with Crippen molar-refractivity contribution in [1.29, 1.82) is 0 Å². The van der Waals surface area contributed by atoms with Gasteiger partial charge >= 0.3 is 6.85 Å². The highest BCUT2D eigenvalue weighted by Crippen LogP contribution is 2.47. The predicted octanol–water partition coefficient (Wildman–Crippen LogP) is 7.00. The van der Waals surface area contributed by atoms with Crippen LogP contribution in [0.5, 0.6) is 11.5 Å². The Kier molecular flexibility index (Phi) is 5.01. The topological polar surface area (TPSA) is 15.7 Å². The molecule has 0 aliphatic carbocycles. The van der Waals surface area contributed by atoms with E-state index in [4.69, 9.17) is 4.74 Å². The first-order chi connectivity index (χ1) is 23.3. The summed E-state index contributed by atoms with van der Waals surface area (Å²) < 4.78 is 6.55. The zero-order chi connectivity index (χ0) is 30.6. The molecule has 0 fully saturated rings. The molecule has 4 heterocycles. The van der Waals surface area contributed by atoms with Crippen molar-refractivity contribution in [2.45, 2.75) is 0 Å². The van der Waals surface area contributed by atoms with E-state index < -0.39 is 0 Å². The van der Waals surface area contributed by atoms with Crippen molar-refractivity contribution < 1.29 is 4.74 Å². The molecule has 0 aromatic heterocycles. The van der Waals surface area contributed by atoms with Crippen LogP contribution < -0.4 is 41.8 Å². The molecule has 7 aromatic rings. The largest absolute Gasteiger partial charge is 0.458 e. The van der Waals surface area contributed by atoms with E-state index in [9.17, 15) is 0 Å². The number of hydrogen-bond acceptors (Lipinski definition) is 3. The molecule has 0 saturated heterocycles. The first kappa shape index (κ1) is 25.3. The minimum Gasteiger partial charge on any atom is -0.458 e. The van der Waals surface area contributed by atoms with Gasteiger partial charge in [0.1, 0.15) is 11.5 Å². The van der Waals surface area contributed by atoms with Gasteiger partial charge in [0.05, 0.1) is 0 Å². The number of ether oxygens (including phenoxy) is 1. The van der Waals surface area contributed by atoms with Crippen LogP contribution in [-0.2, 0) is 0 Å². The number of hydrogen-bond donors (Lipinski definition) is 0. The minimum absolute atomic E-state index is 0.0764. The van der Waals surface area contributed by atoms with Gasteiger partial charge in [-0.05, 0) is 87.0 Å². The van der Waals surface area contributed by atoms with Crippen molar-refractivity contribution >= 4 is 69.3 Å². The van der Waals surface area contributed by atoms with Crippen LogP contribution in [-0.4, -0.2) is 13.6 Å². The highest BCUT2D eigenvalue weighted by atomic mass is 16.5. The molecule has 0 bridgehead atoms. The molecule has 5 heteroatoms. The highest BCUT2D eigenvalue weighted by Gasteiger charge is 2.44. The van der Waals surface area contributed by atoms with Gasteiger partial charge in [-0.1, -0.05) is 109 Å². The van der Waals surface area contributed by atoms with E-state index >= 15 is 0 Å². The molecule has 0 radical (unpaired) electrons. The standard InChI is InChI=1S/C42H26B2N2O/c1-4-15-32-28(12-1)29-13-2-7-18-36(29)46-37-19-8-3-14-30(37)31-26-27(24-25-33(31)44(32)46)45-38-20-9-5-16-34(38)43-35-17-6-10-22-40(35)47-41-23-11-21-39(45)42(41)43/h1-26H. The first-order valence-corrected chi connectivity index (χ1v) is 16.3. The molecule has 0 spiro atoms. The Bertz CT molecular complexity index is 2460. The second kappa shape index (κ2) is 9.31. The number of rotatable bonds is 1. The Morgan fingerprint density at radius 1 is 0.404 bits per heavy atom. The van der Waals surface area contributed by atoms with E-state index in [1.807, 2.05) is 0 Å². The summed E-state index contributed by atoms with van der Waals surface area (Å²) in [6, 6.07) is 57.7. The summed E-state index contributed by atoms with van der Waals surface area (Å²) in [7, 11) is 0. The molecule has 0 atom stereocenters. The Balaban J connectivity index is 1.15. The van der Waals surface area contributed by atoms with E-state index in [-0.39, 0.29) is 13.6 Å². The first-order valence-electron chi connectivity index (χ1n) is 16.3. The SMILES string of the molecule is c1ccc2c(c1)Oc1cccc3c1B2c1ccccc1N3c1ccc2c(c1)-c1ccccc1N1B2c2ccccc2-c2ccccc21.